The minimum atomic E-state index is -0.445. The Bertz CT molecular complexity index is 377. The second-order valence-electron chi connectivity index (χ2n) is 5.30. The number of nitrogens with zero attached hydrogens (tertiary/aromatic N) is 1. The Morgan fingerprint density at radius 2 is 1.80 bits per heavy atom. The zero-order chi connectivity index (χ0) is 15.0. The smallest absolute Gasteiger partial charge is 0.122 e. The van der Waals surface area contributed by atoms with Gasteiger partial charge in [0, 0.05) is 6.54 Å². The summed E-state index contributed by atoms with van der Waals surface area (Å²) in [6, 6.07) is 8.13. The number of hydrogen-bond acceptors (Lipinski definition) is 3. The van der Waals surface area contributed by atoms with Gasteiger partial charge in [0.1, 0.15) is 18.5 Å². The standard InChI is InChI=1S/C17H29NO2/c1-5-14(4)16-10-8-9-11-17(16)20-13-15(19)12-18(6-2)7-3/h8-11,14-15,19H,5-7,12-13H2,1-4H3/t14-,15+/m1/s1. The maximum Gasteiger partial charge on any atom is 0.122 e. The summed E-state index contributed by atoms with van der Waals surface area (Å²) in [5.41, 5.74) is 1.23. The summed E-state index contributed by atoms with van der Waals surface area (Å²) in [6.45, 7) is 11.5. The molecule has 20 heavy (non-hydrogen) atoms. The molecule has 114 valence electrons. The molecular weight excluding hydrogens is 250 g/mol. The summed E-state index contributed by atoms with van der Waals surface area (Å²) in [4.78, 5) is 2.20. The molecule has 0 aromatic heterocycles. The Hall–Kier alpha value is -1.06. The van der Waals surface area contributed by atoms with Crippen LogP contribution in [0.3, 0.4) is 0 Å². The van der Waals surface area contributed by atoms with Crippen LogP contribution in [0, 0.1) is 0 Å². The molecular formula is C17H29NO2. The minimum Gasteiger partial charge on any atom is -0.491 e. The van der Waals surface area contributed by atoms with E-state index in [9.17, 15) is 5.11 Å². The Morgan fingerprint density at radius 3 is 2.40 bits per heavy atom. The quantitative estimate of drug-likeness (QED) is 0.753. The molecule has 0 aliphatic rings. The van der Waals surface area contributed by atoms with E-state index in [0.717, 1.165) is 25.3 Å². The molecule has 0 saturated heterocycles. The molecule has 1 aromatic rings. The molecule has 0 heterocycles. The second kappa shape index (κ2) is 8.98. The molecule has 0 aliphatic heterocycles. The third kappa shape index (κ3) is 5.14. The van der Waals surface area contributed by atoms with E-state index in [4.69, 9.17) is 4.74 Å². The lowest BCUT2D eigenvalue weighted by Gasteiger charge is -2.23. The van der Waals surface area contributed by atoms with Crippen LogP contribution in [0.15, 0.2) is 24.3 Å². The van der Waals surface area contributed by atoms with Gasteiger partial charge in [0.15, 0.2) is 0 Å². The van der Waals surface area contributed by atoms with Crippen molar-refractivity contribution in [3.8, 4) is 5.75 Å². The first-order chi connectivity index (χ1) is 9.62. The molecule has 3 heteroatoms. The second-order valence-corrected chi connectivity index (χ2v) is 5.30. The topological polar surface area (TPSA) is 32.7 Å². The van der Waals surface area contributed by atoms with Gasteiger partial charge in [0.25, 0.3) is 0 Å². The zero-order valence-electron chi connectivity index (χ0n) is 13.3. The van der Waals surface area contributed by atoms with Crippen molar-refractivity contribution in [1.29, 1.82) is 0 Å². The maximum atomic E-state index is 10.1. The van der Waals surface area contributed by atoms with Gasteiger partial charge in [-0.3, -0.25) is 0 Å². The highest BCUT2D eigenvalue weighted by molar-refractivity contribution is 5.35. The number of hydrogen-bond donors (Lipinski definition) is 1. The zero-order valence-corrected chi connectivity index (χ0v) is 13.3. The van der Waals surface area contributed by atoms with E-state index in [2.05, 4.69) is 38.7 Å². The molecule has 0 saturated carbocycles. The highest BCUT2D eigenvalue weighted by atomic mass is 16.5. The number of benzene rings is 1. The van der Waals surface area contributed by atoms with Gasteiger partial charge in [-0.15, -0.1) is 0 Å². The Balaban J connectivity index is 2.57. The SMILES string of the molecule is CC[C@@H](C)c1ccccc1OC[C@@H](O)CN(CC)CC. The highest BCUT2D eigenvalue weighted by Gasteiger charge is 2.13. The van der Waals surface area contributed by atoms with Gasteiger partial charge in [0.2, 0.25) is 0 Å². The van der Waals surface area contributed by atoms with E-state index >= 15 is 0 Å². The van der Waals surface area contributed by atoms with Crippen molar-refractivity contribution in [2.24, 2.45) is 0 Å². The first kappa shape index (κ1) is 17.0. The molecule has 0 aliphatic carbocycles. The van der Waals surface area contributed by atoms with Crippen LogP contribution in [0.5, 0.6) is 5.75 Å². The average Bonchev–Trinajstić information content (AvgIpc) is 2.50. The predicted molar refractivity (Wildman–Crippen MR) is 84.4 cm³/mol. The van der Waals surface area contributed by atoms with Crippen molar-refractivity contribution in [2.45, 2.75) is 46.1 Å². The normalized spacial score (nSPS) is 14.3. The molecule has 3 nitrogen and oxygen atoms in total. The lowest BCUT2D eigenvalue weighted by atomic mass is 9.98. The summed E-state index contributed by atoms with van der Waals surface area (Å²) < 4.78 is 5.84. The number of rotatable bonds is 9. The molecule has 0 radical (unpaired) electrons. The highest BCUT2D eigenvalue weighted by Crippen LogP contribution is 2.28. The molecule has 0 fully saturated rings. The fourth-order valence-electron chi connectivity index (χ4n) is 2.26. The Kier molecular flexibility index (Phi) is 7.63. The number of likely N-dealkylation sites (N-methyl/N-ethyl adjacent to an activating group) is 1. The fourth-order valence-corrected chi connectivity index (χ4v) is 2.26. The van der Waals surface area contributed by atoms with Crippen molar-refractivity contribution in [1.82, 2.24) is 4.90 Å². The molecule has 2 atom stereocenters. The van der Waals surface area contributed by atoms with E-state index in [-0.39, 0.29) is 0 Å². The molecule has 0 amide bonds. The first-order valence-electron chi connectivity index (χ1n) is 7.74. The van der Waals surface area contributed by atoms with Crippen LogP contribution in [0.25, 0.3) is 0 Å². The summed E-state index contributed by atoms with van der Waals surface area (Å²) in [5, 5.41) is 10.1. The molecule has 1 aromatic carbocycles. The number of para-hydroxylation sites is 1. The summed E-state index contributed by atoms with van der Waals surface area (Å²) in [6.07, 6.45) is 0.641. The first-order valence-corrected chi connectivity index (χ1v) is 7.74. The van der Waals surface area contributed by atoms with Crippen molar-refractivity contribution < 1.29 is 9.84 Å². The van der Waals surface area contributed by atoms with Crippen LogP contribution in [0.4, 0.5) is 0 Å². The van der Waals surface area contributed by atoms with Gasteiger partial charge in [-0.05, 0) is 37.1 Å². The number of aliphatic hydroxyl groups is 1. The Morgan fingerprint density at radius 1 is 1.15 bits per heavy atom. The monoisotopic (exact) mass is 279 g/mol. The summed E-state index contributed by atoms with van der Waals surface area (Å²) in [7, 11) is 0. The Labute approximate surface area is 123 Å². The molecule has 1 N–H and O–H groups in total. The lowest BCUT2D eigenvalue weighted by molar-refractivity contribution is 0.0711. The molecule has 0 unspecified atom stereocenters. The van der Waals surface area contributed by atoms with E-state index in [1.807, 2.05) is 18.2 Å². The van der Waals surface area contributed by atoms with Gasteiger partial charge in [-0.25, -0.2) is 0 Å². The minimum absolute atomic E-state index is 0.351. The van der Waals surface area contributed by atoms with Gasteiger partial charge in [0.05, 0.1) is 0 Å². The van der Waals surface area contributed by atoms with Crippen molar-refractivity contribution in [3.63, 3.8) is 0 Å². The predicted octanol–water partition coefficient (Wildman–Crippen LogP) is 3.28. The maximum absolute atomic E-state index is 10.1. The van der Waals surface area contributed by atoms with Crippen LogP contribution < -0.4 is 4.74 Å². The van der Waals surface area contributed by atoms with Crippen LogP contribution in [-0.4, -0.2) is 42.4 Å². The molecule has 0 spiro atoms. The third-order valence-electron chi connectivity index (χ3n) is 3.86. The van der Waals surface area contributed by atoms with E-state index < -0.39 is 6.10 Å². The van der Waals surface area contributed by atoms with Crippen molar-refractivity contribution in [2.75, 3.05) is 26.2 Å². The third-order valence-corrected chi connectivity index (χ3v) is 3.86. The fraction of sp³-hybridized carbons (Fsp3) is 0.647. The van der Waals surface area contributed by atoms with Crippen LogP contribution in [0.1, 0.15) is 45.6 Å². The van der Waals surface area contributed by atoms with E-state index in [1.54, 1.807) is 0 Å². The summed E-state index contributed by atoms with van der Waals surface area (Å²) >= 11 is 0. The average molecular weight is 279 g/mol. The van der Waals surface area contributed by atoms with Crippen molar-refractivity contribution >= 4 is 0 Å². The molecule has 0 bridgehead atoms. The summed E-state index contributed by atoms with van der Waals surface area (Å²) in [5.74, 6) is 1.38. The number of aliphatic hydroxyl groups excluding tert-OH is 1. The van der Waals surface area contributed by atoms with E-state index in [1.165, 1.54) is 5.56 Å². The largest absolute Gasteiger partial charge is 0.491 e. The van der Waals surface area contributed by atoms with Gasteiger partial charge >= 0.3 is 0 Å². The molecule has 1 rings (SSSR count). The number of ether oxygens (including phenoxy) is 1. The van der Waals surface area contributed by atoms with Crippen LogP contribution in [0.2, 0.25) is 0 Å². The van der Waals surface area contributed by atoms with Crippen LogP contribution >= 0.6 is 0 Å². The van der Waals surface area contributed by atoms with Gasteiger partial charge in [-0.2, -0.15) is 0 Å². The lowest BCUT2D eigenvalue weighted by Crippen LogP contribution is -2.35. The van der Waals surface area contributed by atoms with E-state index in [0.29, 0.717) is 19.1 Å². The van der Waals surface area contributed by atoms with Crippen LogP contribution in [-0.2, 0) is 0 Å². The van der Waals surface area contributed by atoms with Gasteiger partial charge in [-0.1, -0.05) is 45.9 Å². The van der Waals surface area contributed by atoms with Gasteiger partial charge < -0.3 is 14.7 Å². The van der Waals surface area contributed by atoms with Crippen molar-refractivity contribution in [3.05, 3.63) is 29.8 Å².